The number of carbonyl (C=O) groups is 3. The van der Waals surface area contributed by atoms with Crippen LogP contribution in [0, 0.1) is 0 Å². The van der Waals surface area contributed by atoms with Gasteiger partial charge in [-0.05, 0) is 22.3 Å². The molecule has 18 heteroatoms. The molecule has 2 saturated heterocycles. The van der Waals surface area contributed by atoms with Crippen LogP contribution in [0.1, 0.15) is 36.1 Å². The maximum Gasteiger partial charge on any atom is 0.407 e. The fourth-order valence-electron chi connectivity index (χ4n) is 7.28. The average molecular weight is 961 g/mol. The van der Waals surface area contributed by atoms with E-state index in [2.05, 4.69) is 5.32 Å². The largest absolute Gasteiger partial charge is 0.456 e. The zero-order chi connectivity index (χ0) is 46.2. The van der Waals surface area contributed by atoms with Crippen LogP contribution >= 0.6 is 34.8 Å². The number of benzene rings is 4. The van der Waals surface area contributed by atoms with E-state index >= 15 is 0 Å². The third-order valence-corrected chi connectivity index (χ3v) is 10.5. The lowest BCUT2D eigenvalue weighted by molar-refractivity contribution is -0.354. The molecule has 0 aliphatic carbocycles. The SMILES string of the molecule is CC(=O)O[C@@H]1[C@@H](NC(=O)OCC(Cl)(Cl)Cl)[C@H](O[C@H]2[C@H](OCc3ccccc3)[C@@H](OCc3ccccc3)[C@H](O)O[C@@H]2COCc2ccccc2)O[C@H](COCc2ccccc2)[C@@H]1OC(C)=O. The predicted octanol–water partition coefficient (Wildman–Crippen LogP) is 6.75. The summed E-state index contributed by atoms with van der Waals surface area (Å²) in [6, 6.07) is 35.9. The van der Waals surface area contributed by atoms with Crippen molar-refractivity contribution >= 4 is 52.8 Å². The first kappa shape index (κ1) is 50.1. The van der Waals surface area contributed by atoms with Gasteiger partial charge in [0.1, 0.15) is 43.2 Å². The minimum absolute atomic E-state index is 0.0397. The monoisotopic (exact) mass is 959 g/mol. The summed E-state index contributed by atoms with van der Waals surface area (Å²) in [5.41, 5.74) is 3.31. The Balaban J connectivity index is 1.39. The van der Waals surface area contributed by atoms with Crippen LogP contribution in [0.4, 0.5) is 4.79 Å². The van der Waals surface area contributed by atoms with Crippen molar-refractivity contribution in [3.63, 3.8) is 0 Å². The lowest BCUT2D eigenvalue weighted by Crippen LogP contribution is -2.69. The van der Waals surface area contributed by atoms with Crippen molar-refractivity contribution < 1.29 is 66.9 Å². The number of carbonyl (C=O) groups excluding carboxylic acids is 3. The van der Waals surface area contributed by atoms with Gasteiger partial charge in [0.25, 0.3) is 0 Å². The molecule has 350 valence electrons. The summed E-state index contributed by atoms with van der Waals surface area (Å²) in [4.78, 5) is 39.1. The summed E-state index contributed by atoms with van der Waals surface area (Å²) in [5, 5.41) is 14.3. The van der Waals surface area contributed by atoms with Gasteiger partial charge in [-0.25, -0.2) is 4.79 Å². The zero-order valence-electron chi connectivity index (χ0n) is 35.7. The Labute approximate surface area is 392 Å². The fourth-order valence-corrected chi connectivity index (χ4v) is 7.44. The molecule has 6 rings (SSSR count). The maximum atomic E-state index is 13.5. The number of hydrogen-bond acceptors (Lipinski definition) is 14. The van der Waals surface area contributed by atoms with Gasteiger partial charge in [0.2, 0.25) is 3.79 Å². The van der Waals surface area contributed by atoms with Crippen molar-refractivity contribution in [2.24, 2.45) is 0 Å². The second-order valence-corrected chi connectivity index (χ2v) is 17.8. The zero-order valence-corrected chi connectivity index (χ0v) is 37.9. The topological polar surface area (TPSA) is 176 Å². The van der Waals surface area contributed by atoms with Gasteiger partial charge < -0.3 is 57.8 Å². The number of aliphatic hydroxyl groups is 1. The van der Waals surface area contributed by atoms with Crippen molar-refractivity contribution in [3.05, 3.63) is 144 Å². The van der Waals surface area contributed by atoms with Crippen LogP contribution in [0.15, 0.2) is 121 Å². The molecule has 0 saturated carbocycles. The Hall–Kier alpha value is -4.36. The molecular formula is C47H52Cl3NO14. The summed E-state index contributed by atoms with van der Waals surface area (Å²) in [6.45, 7) is 1.69. The minimum Gasteiger partial charge on any atom is -0.456 e. The summed E-state index contributed by atoms with van der Waals surface area (Å²) in [5.74, 6) is -1.55. The third kappa shape index (κ3) is 15.9. The Bertz CT molecular complexity index is 2050. The third-order valence-electron chi connectivity index (χ3n) is 10.2. The molecule has 15 nitrogen and oxygen atoms in total. The second-order valence-electron chi connectivity index (χ2n) is 15.2. The van der Waals surface area contributed by atoms with E-state index in [1.165, 1.54) is 6.92 Å². The van der Waals surface area contributed by atoms with Crippen LogP contribution in [0.2, 0.25) is 0 Å². The molecule has 2 aliphatic heterocycles. The molecule has 0 bridgehead atoms. The predicted molar refractivity (Wildman–Crippen MR) is 236 cm³/mol. The van der Waals surface area contributed by atoms with Crippen LogP contribution in [-0.4, -0.2) is 108 Å². The van der Waals surface area contributed by atoms with E-state index in [-0.39, 0.29) is 39.6 Å². The van der Waals surface area contributed by atoms with Crippen LogP contribution < -0.4 is 5.32 Å². The number of esters is 2. The molecule has 0 spiro atoms. The highest BCUT2D eigenvalue weighted by Crippen LogP contribution is 2.35. The molecule has 2 fully saturated rings. The van der Waals surface area contributed by atoms with Crippen LogP contribution in [0.3, 0.4) is 0 Å². The molecule has 10 atom stereocenters. The van der Waals surface area contributed by atoms with E-state index in [0.717, 1.165) is 29.2 Å². The molecule has 4 aromatic rings. The number of aliphatic hydroxyl groups excluding tert-OH is 1. The molecule has 2 aliphatic rings. The van der Waals surface area contributed by atoms with Crippen molar-refractivity contribution in [1.29, 1.82) is 0 Å². The van der Waals surface area contributed by atoms with E-state index < -0.39 is 89.8 Å². The molecule has 0 radical (unpaired) electrons. The van der Waals surface area contributed by atoms with Gasteiger partial charge in [0.05, 0.1) is 39.6 Å². The van der Waals surface area contributed by atoms with E-state index in [0.29, 0.717) is 0 Å². The lowest BCUT2D eigenvalue weighted by atomic mass is 9.94. The van der Waals surface area contributed by atoms with Gasteiger partial charge in [-0.15, -0.1) is 0 Å². The molecule has 1 amide bonds. The van der Waals surface area contributed by atoms with E-state index in [1.807, 2.05) is 121 Å². The number of alkyl carbamates (subject to hydrolysis) is 1. The smallest absolute Gasteiger partial charge is 0.407 e. The first-order valence-corrected chi connectivity index (χ1v) is 22.0. The number of ether oxygens (including phenoxy) is 10. The number of nitrogens with one attached hydrogen (secondary N) is 1. The first-order valence-electron chi connectivity index (χ1n) is 20.9. The standard InChI is InChI=1S/C47H52Cl3NO14/c1-30(52)61-39-37(28-57-24-33-17-9-4-10-18-33)64-45(38(41(39)62-31(2)53)51-46(55)60-29-47(48,49)50)65-40-36(27-56-23-32-15-7-3-8-16-32)63-44(54)43(59-26-35-21-13-6-14-22-35)42(40)58-25-34-19-11-5-12-20-34/h3-22,36-45,54H,23-29H2,1-2H3,(H,51,55)/t36-,37-,38-,39+,40-,41-,42+,43-,44-,45+/m1/s1. The summed E-state index contributed by atoms with van der Waals surface area (Å²) >= 11 is 17.7. The second kappa shape index (κ2) is 25.0. The van der Waals surface area contributed by atoms with Crippen molar-refractivity contribution in [2.45, 2.75) is 105 Å². The van der Waals surface area contributed by atoms with Crippen LogP contribution in [0.5, 0.6) is 0 Å². The summed E-state index contributed by atoms with van der Waals surface area (Å²) < 4.78 is 60.0. The van der Waals surface area contributed by atoms with Crippen LogP contribution in [0.25, 0.3) is 0 Å². The normalized spacial score (nSPS) is 25.6. The molecule has 2 heterocycles. The fraction of sp³-hybridized carbons (Fsp3) is 0.426. The van der Waals surface area contributed by atoms with Gasteiger partial charge >= 0.3 is 18.0 Å². The summed E-state index contributed by atoms with van der Waals surface area (Å²) in [7, 11) is 0. The number of amides is 1. The quantitative estimate of drug-likeness (QED) is 0.0541. The van der Waals surface area contributed by atoms with Crippen molar-refractivity contribution in [1.82, 2.24) is 5.32 Å². The number of halogens is 3. The number of rotatable bonds is 20. The van der Waals surface area contributed by atoms with E-state index in [1.54, 1.807) is 0 Å². The Kier molecular flexibility index (Phi) is 19.2. The van der Waals surface area contributed by atoms with Gasteiger partial charge in [-0.2, -0.15) is 0 Å². The molecule has 65 heavy (non-hydrogen) atoms. The molecule has 4 aromatic carbocycles. The highest BCUT2D eigenvalue weighted by molar-refractivity contribution is 6.67. The first-order chi connectivity index (χ1) is 31.3. The number of alkyl halides is 3. The van der Waals surface area contributed by atoms with Gasteiger partial charge in [0.15, 0.2) is 24.8 Å². The van der Waals surface area contributed by atoms with Crippen molar-refractivity contribution in [3.8, 4) is 0 Å². The van der Waals surface area contributed by atoms with Gasteiger partial charge in [-0.3, -0.25) is 9.59 Å². The Morgan fingerprint density at radius 1 is 0.585 bits per heavy atom. The molecule has 0 aromatic heterocycles. The van der Waals surface area contributed by atoms with E-state index in [9.17, 15) is 19.5 Å². The Morgan fingerprint density at radius 2 is 1.02 bits per heavy atom. The van der Waals surface area contributed by atoms with Gasteiger partial charge in [-0.1, -0.05) is 156 Å². The Morgan fingerprint density at radius 3 is 1.48 bits per heavy atom. The summed E-state index contributed by atoms with van der Waals surface area (Å²) in [6.07, 6.45) is -12.9. The average Bonchev–Trinajstić information content (AvgIpc) is 3.28. The lowest BCUT2D eigenvalue weighted by Gasteiger charge is -2.49. The van der Waals surface area contributed by atoms with Gasteiger partial charge in [0, 0.05) is 13.8 Å². The molecule has 0 unspecified atom stereocenters. The highest BCUT2D eigenvalue weighted by Gasteiger charge is 2.55. The highest BCUT2D eigenvalue weighted by atomic mass is 35.6. The van der Waals surface area contributed by atoms with E-state index in [4.69, 9.17) is 82.2 Å². The van der Waals surface area contributed by atoms with Crippen LogP contribution in [-0.2, 0) is 83.4 Å². The minimum atomic E-state index is -1.99. The maximum absolute atomic E-state index is 13.5. The molecule has 2 N–H and O–H groups in total. The number of hydrogen-bond donors (Lipinski definition) is 2. The molecular weight excluding hydrogens is 909 g/mol. The van der Waals surface area contributed by atoms with Crippen molar-refractivity contribution in [2.75, 3.05) is 19.8 Å².